The maximum atomic E-state index is 13.7. The molecule has 0 N–H and O–H groups in total. The average molecular weight is 388 g/mol. The van der Waals surface area contributed by atoms with Crippen LogP contribution in [0.4, 0.5) is 22.0 Å². The van der Waals surface area contributed by atoms with Crippen LogP contribution >= 0.6 is 0 Å². The van der Waals surface area contributed by atoms with Crippen molar-refractivity contribution < 1.29 is 26.7 Å². The highest BCUT2D eigenvalue weighted by molar-refractivity contribution is 5.77. The van der Waals surface area contributed by atoms with Gasteiger partial charge in [0, 0.05) is 31.0 Å². The quantitative estimate of drug-likeness (QED) is 0.738. The molecule has 0 spiro atoms. The van der Waals surface area contributed by atoms with E-state index in [2.05, 4.69) is 4.90 Å². The van der Waals surface area contributed by atoms with Crippen molar-refractivity contribution in [2.75, 3.05) is 19.6 Å². The van der Waals surface area contributed by atoms with Crippen LogP contribution in [0.3, 0.4) is 0 Å². The van der Waals surface area contributed by atoms with E-state index in [0.29, 0.717) is 5.56 Å². The molecule has 5 rings (SSSR count). The molecule has 4 aliphatic rings. The van der Waals surface area contributed by atoms with Gasteiger partial charge in [0.25, 0.3) is 0 Å². The summed E-state index contributed by atoms with van der Waals surface area (Å²) in [7, 11) is 0. The molecule has 1 aromatic rings. The molecular formula is C19H21F5N2O. The van der Waals surface area contributed by atoms with E-state index in [1.54, 1.807) is 4.90 Å². The van der Waals surface area contributed by atoms with Crippen molar-refractivity contribution in [2.45, 2.75) is 49.9 Å². The molecule has 4 saturated heterocycles. The standard InChI is InChI=1S/C19H21F5N2O/c20-13-7-12(8-14(21)9-13)15-10-26(16(27)1-4-19(22,23)24)17-11-2-5-25(6-3-11)18(15)17/h7-9,11,15,17-18H,1-6,10H2/t15-,17+,18+/m1/s1. The van der Waals surface area contributed by atoms with Gasteiger partial charge in [-0.3, -0.25) is 9.69 Å². The summed E-state index contributed by atoms with van der Waals surface area (Å²) < 4.78 is 65.1. The largest absolute Gasteiger partial charge is 0.389 e. The van der Waals surface area contributed by atoms with Gasteiger partial charge < -0.3 is 4.90 Å². The predicted molar refractivity (Wildman–Crippen MR) is 88.0 cm³/mol. The molecule has 3 nitrogen and oxygen atoms in total. The van der Waals surface area contributed by atoms with E-state index >= 15 is 0 Å². The van der Waals surface area contributed by atoms with Gasteiger partial charge in [-0.1, -0.05) is 0 Å². The fourth-order valence-corrected chi connectivity index (χ4v) is 5.18. The number of nitrogens with zero attached hydrogens (tertiary/aromatic N) is 2. The van der Waals surface area contributed by atoms with Crippen LogP contribution in [0.25, 0.3) is 0 Å². The van der Waals surface area contributed by atoms with Crippen LogP contribution in [0.2, 0.25) is 0 Å². The van der Waals surface area contributed by atoms with Crippen LogP contribution in [-0.4, -0.2) is 53.6 Å². The molecule has 4 fully saturated rings. The van der Waals surface area contributed by atoms with Crippen molar-refractivity contribution in [3.8, 4) is 0 Å². The summed E-state index contributed by atoms with van der Waals surface area (Å²) in [5, 5.41) is 0. The lowest BCUT2D eigenvalue weighted by molar-refractivity contribution is -0.151. The molecule has 0 aliphatic carbocycles. The van der Waals surface area contributed by atoms with Crippen molar-refractivity contribution in [1.82, 2.24) is 9.80 Å². The number of likely N-dealkylation sites (tertiary alicyclic amines) is 1. The third kappa shape index (κ3) is 3.56. The molecule has 0 unspecified atom stereocenters. The SMILES string of the molecule is O=C(CCC(F)(F)F)N1C[C@H](c2cc(F)cc(F)c2)[C@H]2[C@@H]1C1CCN2CC1. The van der Waals surface area contributed by atoms with Crippen molar-refractivity contribution >= 4 is 5.91 Å². The molecule has 2 bridgehead atoms. The Bertz CT molecular complexity index is 709. The Morgan fingerprint density at radius 1 is 1.04 bits per heavy atom. The third-order valence-electron chi connectivity index (χ3n) is 6.25. The van der Waals surface area contributed by atoms with Crippen molar-refractivity contribution in [3.63, 3.8) is 0 Å². The van der Waals surface area contributed by atoms with Gasteiger partial charge in [-0.05, 0) is 49.5 Å². The number of fused-ring (bicyclic) bond motifs is 2. The Hall–Kier alpha value is -1.70. The second-order valence-electron chi connectivity index (χ2n) is 7.83. The first-order valence-electron chi connectivity index (χ1n) is 9.29. The van der Waals surface area contributed by atoms with Crippen molar-refractivity contribution in [2.24, 2.45) is 5.92 Å². The zero-order valence-corrected chi connectivity index (χ0v) is 14.7. The van der Waals surface area contributed by atoms with Crippen molar-refractivity contribution in [1.29, 1.82) is 0 Å². The van der Waals surface area contributed by atoms with Gasteiger partial charge in [-0.15, -0.1) is 0 Å². The molecule has 1 aromatic carbocycles. The number of alkyl halides is 3. The van der Waals surface area contributed by atoms with E-state index < -0.39 is 36.6 Å². The van der Waals surface area contributed by atoms with Crippen LogP contribution < -0.4 is 0 Å². The van der Waals surface area contributed by atoms with Gasteiger partial charge in [-0.2, -0.15) is 13.2 Å². The molecular weight excluding hydrogens is 367 g/mol. The topological polar surface area (TPSA) is 23.6 Å². The summed E-state index contributed by atoms with van der Waals surface area (Å²) in [6, 6.07) is 3.09. The average Bonchev–Trinajstić information content (AvgIpc) is 3.02. The summed E-state index contributed by atoms with van der Waals surface area (Å²) in [4.78, 5) is 16.4. The first-order chi connectivity index (χ1) is 12.7. The molecule has 1 amide bonds. The summed E-state index contributed by atoms with van der Waals surface area (Å²) in [6.07, 6.45) is -4.31. The first kappa shape index (κ1) is 18.7. The zero-order chi connectivity index (χ0) is 19.3. The molecule has 0 radical (unpaired) electrons. The molecule has 3 atom stereocenters. The summed E-state index contributed by atoms with van der Waals surface area (Å²) in [5.41, 5.74) is 0.473. The highest BCUT2D eigenvalue weighted by Crippen LogP contribution is 2.47. The summed E-state index contributed by atoms with van der Waals surface area (Å²) in [6.45, 7) is 1.91. The summed E-state index contributed by atoms with van der Waals surface area (Å²) in [5.74, 6) is -1.94. The Morgan fingerprint density at radius 3 is 2.26 bits per heavy atom. The van der Waals surface area contributed by atoms with Crippen LogP contribution in [-0.2, 0) is 4.79 Å². The second-order valence-corrected chi connectivity index (χ2v) is 7.83. The number of rotatable bonds is 3. The van der Waals surface area contributed by atoms with E-state index in [9.17, 15) is 26.7 Å². The first-order valence-corrected chi connectivity index (χ1v) is 9.29. The van der Waals surface area contributed by atoms with E-state index in [-0.39, 0.29) is 30.5 Å². The lowest BCUT2D eigenvalue weighted by Gasteiger charge is -2.51. The summed E-state index contributed by atoms with van der Waals surface area (Å²) >= 11 is 0. The van der Waals surface area contributed by atoms with Crippen molar-refractivity contribution in [3.05, 3.63) is 35.4 Å². The normalized spacial score (nSPS) is 32.6. The van der Waals surface area contributed by atoms with Gasteiger partial charge in [0.2, 0.25) is 5.91 Å². The van der Waals surface area contributed by atoms with Crippen LogP contribution in [0.15, 0.2) is 18.2 Å². The number of hydrogen-bond acceptors (Lipinski definition) is 2. The highest BCUT2D eigenvalue weighted by Gasteiger charge is 2.54. The fourth-order valence-electron chi connectivity index (χ4n) is 5.18. The monoisotopic (exact) mass is 388 g/mol. The number of carbonyl (C=O) groups is 1. The smallest absolute Gasteiger partial charge is 0.337 e. The van der Waals surface area contributed by atoms with Gasteiger partial charge in [0.15, 0.2) is 0 Å². The number of halogens is 5. The van der Waals surface area contributed by atoms with Gasteiger partial charge in [0.1, 0.15) is 11.6 Å². The molecule has 27 heavy (non-hydrogen) atoms. The number of benzene rings is 1. The fraction of sp³-hybridized carbons (Fsp3) is 0.632. The highest BCUT2D eigenvalue weighted by atomic mass is 19.4. The van der Waals surface area contributed by atoms with Gasteiger partial charge in [0.05, 0.1) is 12.5 Å². The maximum absolute atomic E-state index is 13.7. The van der Waals surface area contributed by atoms with E-state index in [0.717, 1.165) is 32.0 Å². The third-order valence-corrected chi connectivity index (χ3v) is 6.25. The lowest BCUT2D eigenvalue weighted by Crippen LogP contribution is -2.60. The Kier molecular flexibility index (Phi) is 4.64. The number of carbonyl (C=O) groups excluding carboxylic acids is 1. The number of piperidine rings is 3. The molecule has 0 saturated carbocycles. The number of amides is 1. The van der Waals surface area contributed by atoms with E-state index in [4.69, 9.17) is 0 Å². The molecule has 8 heteroatoms. The van der Waals surface area contributed by atoms with E-state index in [1.165, 1.54) is 12.1 Å². The lowest BCUT2D eigenvalue weighted by atomic mass is 9.75. The number of hydrogen-bond donors (Lipinski definition) is 0. The minimum absolute atomic E-state index is 0.0893. The van der Waals surface area contributed by atoms with Crippen LogP contribution in [0, 0.1) is 17.6 Å². The molecule has 0 aromatic heterocycles. The predicted octanol–water partition coefficient (Wildman–Crippen LogP) is 3.70. The van der Waals surface area contributed by atoms with E-state index in [1.807, 2.05) is 0 Å². The van der Waals surface area contributed by atoms with Crippen LogP contribution in [0.1, 0.15) is 37.2 Å². The second kappa shape index (κ2) is 6.72. The minimum atomic E-state index is -4.38. The maximum Gasteiger partial charge on any atom is 0.389 e. The van der Waals surface area contributed by atoms with Gasteiger partial charge >= 0.3 is 6.18 Å². The van der Waals surface area contributed by atoms with Gasteiger partial charge in [-0.25, -0.2) is 8.78 Å². The Morgan fingerprint density at radius 2 is 1.67 bits per heavy atom. The molecule has 4 heterocycles. The Balaban J connectivity index is 1.63. The Labute approximate surface area is 154 Å². The zero-order valence-electron chi connectivity index (χ0n) is 14.7. The molecule has 148 valence electrons. The minimum Gasteiger partial charge on any atom is -0.337 e. The van der Waals surface area contributed by atoms with Crippen LogP contribution in [0.5, 0.6) is 0 Å². The molecule has 4 aliphatic heterocycles.